The van der Waals surface area contributed by atoms with Gasteiger partial charge in [-0.15, -0.1) is 0 Å². The predicted octanol–water partition coefficient (Wildman–Crippen LogP) is 6.64. The Kier molecular flexibility index (Phi) is 9.23. The van der Waals surface area contributed by atoms with Crippen LogP contribution in [0, 0.1) is 69.0 Å². The highest BCUT2D eigenvalue weighted by molar-refractivity contribution is 5.60. The number of fused-ring (bicyclic) bond motifs is 4. The Morgan fingerprint density at radius 3 is 1.88 bits per heavy atom. The van der Waals surface area contributed by atoms with Crippen molar-refractivity contribution < 1.29 is 19.8 Å². The van der Waals surface area contributed by atoms with E-state index in [0.29, 0.717) is 30.1 Å². The van der Waals surface area contributed by atoms with Crippen LogP contribution < -0.4 is 0 Å². The molecule has 0 unspecified atom stereocenters. The number of aliphatic hydroxyl groups excluding tert-OH is 2. The third-order valence-corrected chi connectivity index (χ3v) is 16.5. The Morgan fingerprint density at radius 1 is 0.740 bits per heavy atom. The summed E-state index contributed by atoms with van der Waals surface area (Å²) in [7, 11) is 0. The summed E-state index contributed by atoms with van der Waals surface area (Å²) in [6, 6.07) is 0. The van der Waals surface area contributed by atoms with E-state index in [9.17, 15) is 19.8 Å². The zero-order valence-electron chi connectivity index (χ0n) is 30.8. The van der Waals surface area contributed by atoms with E-state index in [1.807, 2.05) is 12.4 Å². The number of nitrogens with zero attached hydrogens (tertiary/aromatic N) is 2. The van der Waals surface area contributed by atoms with Crippen molar-refractivity contribution in [2.45, 2.75) is 105 Å². The van der Waals surface area contributed by atoms with Gasteiger partial charge in [0.25, 0.3) is 0 Å². The maximum Gasteiger partial charge on any atom is 0.124 e. The maximum atomic E-state index is 12.2. The van der Waals surface area contributed by atoms with E-state index in [-0.39, 0.29) is 58.5 Å². The third kappa shape index (κ3) is 5.28. The number of aldehydes is 2. The first-order valence-corrected chi connectivity index (χ1v) is 19.4. The van der Waals surface area contributed by atoms with Crippen molar-refractivity contribution in [2.24, 2.45) is 69.0 Å². The van der Waals surface area contributed by atoms with Gasteiger partial charge >= 0.3 is 0 Å². The zero-order valence-corrected chi connectivity index (χ0v) is 30.8. The minimum Gasteiger partial charge on any atom is -0.396 e. The molecular weight excluding hydrogens is 624 g/mol. The van der Waals surface area contributed by atoms with Crippen LogP contribution in [-0.4, -0.2) is 56.4 Å². The Balaban J connectivity index is 0.000000157. The summed E-state index contributed by atoms with van der Waals surface area (Å²) < 4.78 is 0. The summed E-state index contributed by atoms with van der Waals surface area (Å²) in [4.78, 5) is 24.2. The number of allylic oxidation sites excluding steroid dienone is 2. The van der Waals surface area contributed by atoms with Crippen molar-refractivity contribution in [2.75, 3.05) is 13.2 Å². The SMILES string of the molecule is C=C1CC[C@H]2[C@H](C=O)[C@@H]([C@@]3(C)Cc4cn[nH]c4C[C@@H]3C=O)CC[C@]12C.C=C1CC[C@H]2[C@H](CO)[C@@H]([C@@]3(C)Cc4cn[nH]c4C[C@@H]3CO)CC[C@]12C. The molecule has 8 nitrogen and oxygen atoms in total. The maximum absolute atomic E-state index is 12.2. The number of hydrogen-bond donors (Lipinski definition) is 4. The minimum absolute atomic E-state index is 0.0181. The third-order valence-electron chi connectivity index (χ3n) is 16.5. The minimum atomic E-state index is -0.171. The fourth-order valence-electron chi connectivity index (χ4n) is 13.0. The Morgan fingerprint density at radius 2 is 1.30 bits per heavy atom. The van der Waals surface area contributed by atoms with Crippen LogP contribution in [0.5, 0.6) is 0 Å². The van der Waals surface area contributed by atoms with Gasteiger partial charge in [-0.3, -0.25) is 10.2 Å². The molecule has 272 valence electrons. The molecule has 8 rings (SSSR count). The lowest BCUT2D eigenvalue weighted by atomic mass is 9.49. The van der Waals surface area contributed by atoms with E-state index in [1.165, 1.54) is 40.7 Å². The molecule has 8 heteroatoms. The van der Waals surface area contributed by atoms with Crippen LogP contribution in [0.15, 0.2) is 36.7 Å². The molecule has 0 aliphatic heterocycles. The zero-order chi connectivity index (χ0) is 35.6. The number of carbonyl (C=O) groups excluding carboxylic acids is 2. The van der Waals surface area contributed by atoms with Crippen LogP contribution in [0.3, 0.4) is 0 Å². The predicted molar refractivity (Wildman–Crippen MR) is 194 cm³/mol. The number of nitrogens with one attached hydrogen (secondary N) is 2. The van der Waals surface area contributed by atoms with Gasteiger partial charge in [0.05, 0.1) is 12.4 Å². The van der Waals surface area contributed by atoms with Gasteiger partial charge in [0.15, 0.2) is 0 Å². The molecule has 50 heavy (non-hydrogen) atoms. The molecule has 0 spiro atoms. The Labute approximate surface area is 298 Å². The largest absolute Gasteiger partial charge is 0.396 e. The van der Waals surface area contributed by atoms with E-state index >= 15 is 0 Å². The second-order valence-corrected chi connectivity index (χ2v) is 18.3. The molecule has 0 saturated heterocycles. The van der Waals surface area contributed by atoms with Crippen molar-refractivity contribution in [3.8, 4) is 0 Å². The van der Waals surface area contributed by atoms with Crippen LogP contribution in [0.2, 0.25) is 0 Å². The number of aromatic nitrogens is 4. The Hall–Kier alpha value is -2.84. The molecule has 12 atom stereocenters. The lowest BCUT2D eigenvalue weighted by molar-refractivity contribution is -0.129. The molecule has 2 heterocycles. The molecule has 0 amide bonds. The molecule has 0 bridgehead atoms. The number of aromatic amines is 2. The first-order chi connectivity index (χ1) is 23.9. The van der Waals surface area contributed by atoms with Gasteiger partial charge in [-0.05, 0) is 145 Å². The van der Waals surface area contributed by atoms with Crippen LogP contribution in [0.1, 0.15) is 102 Å². The van der Waals surface area contributed by atoms with Crippen LogP contribution in [0.25, 0.3) is 0 Å². The lowest BCUT2D eigenvalue weighted by Gasteiger charge is -2.55. The number of H-pyrrole nitrogens is 2. The fourth-order valence-corrected chi connectivity index (χ4v) is 13.0. The fraction of sp³-hybridized carbons (Fsp3) is 0.714. The molecule has 4 fully saturated rings. The van der Waals surface area contributed by atoms with Crippen LogP contribution in [0.4, 0.5) is 0 Å². The quantitative estimate of drug-likeness (QED) is 0.199. The van der Waals surface area contributed by atoms with Crippen LogP contribution in [-0.2, 0) is 35.3 Å². The molecule has 2 aromatic rings. The molecular formula is C42H60N4O4. The van der Waals surface area contributed by atoms with Gasteiger partial charge in [0, 0.05) is 36.4 Å². The average molecular weight is 685 g/mol. The van der Waals surface area contributed by atoms with Gasteiger partial charge in [-0.1, -0.05) is 52.0 Å². The van der Waals surface area contributed by atoms with E-state index in [2.05, 4.69) is 61.2 Å². The van der Waals surface area contributed by atoms with Crippen molar-refractivity contribution in [3.63, 3.8) is 0 Å². The number of aliphatic hydroxyl groups is 2. The molecule has 0 radical (unpaired) electrons. The molecule has 2 aromatic heterocycles. The molecule has 6 aliphatic carbocycles. The molecule has 6 aliphatic rings. The van der Waals surface area contributed by atoms with E-state index in [4.69, 9.17) is 0 Å². The molecule has 4 N–H and O–H groups in total. The summed E-state index contributed by atoms with van der Waals surface area (Å²) in [6.07, 6.45) is 18.3. The first kappa shape index (κ1) is 35.6. The summed E-state index contributed by atoms with van der Waals surface area (Å²) in [5, 5.41) is 35.1. The second-order valence-electron chi connectivity index (χ2n) is 18.3. The Bertz CT molecular complexity index is 1630. The van der Waals surface area contributed by atoms with Gasteiger partial charge in [0.1, 0.15) is 12.6 Å². The van der Waals surface area contributed by atoms with Gasteiger partial charge in [-0.25, -0.2) is 0 Å². The smallest absolute Gasteiger partial charge is 0.124 e. The van der Waals surface area contributed by atoms with Crippen molar-refractivity contribution in [3.05, 3.63) is 59.2 Å². The van der Waals surface area contributed by atoms with Gasteiger partial charge in [-0.2, -0.15) is 10.2 Å². The summed E-state index contributed by atoms with van der Waals surface area (Å²) >= 11 is 0. The second kappa shape index (κ2) is 13.0. The van der Waals surface area contributed by atoms with Gasteiger partial charge in [0.2, 0.25) is 0 Å². The van der Waals surface area contributed by atoms with Crippen molar-refractivity contribution >= 4 is 12.6 Å². The monoisotopic (exact) mass is 684 g/mol. The standard InChI is InChI=1S/C21H32N2O2.C21H28N2O2/c2*1-13-4-5-17-16(12-25)18(6-7-20(13,17)2)21(3)9-14-10-22-23-19(14)8-15(21)11-24/h10,15-18,24-25H,1,4-9,11-12H2,2-3H3,(H,22,23);10-12,15-18H,1,4-9H2,2-3H3,(H,22,23)/t2*15-,16+,17+,18+,20-,21+/m11/s1. The molecule has 0 aromatic carbocycles. The van der Waals surface area contributed by atoms with Crippen molar-refractivity contribution in [1.82, 2.24) is 20.4 Å². The van der Waals surface area contributed by atoms with Crippen LogP contribution >= 0.6 is 0 Å². The number of hydrogen-bond acceptors (Lipinski definition) is 6. The number of carbonyl (C=O) groups is 2. The summed E-state index contributed by atoms with van der Waals surface area (Å²) in [5.41, 5.74) is 7.65. The number of rotatable bonds is 6. The highest BCUT2D eigenvalue weighted by Gasteiger charge is 2.58. The molecule has 4 saturated carbocycles. The highest BCUT2D eigenvalue weighted by atomic mass is 16.3. The van der Waals surface area contributed by atoms with E-state index < -0.39 is 0 Å². The lowest BCUT2D eigenvalue weighted by Crippen LogP contribution is -2.52. The summed E-state index contributed by atoms with van der Waals surface area (Å²) in [5.74, 6) is 2.13. The normalized spacial score (nSPS) is 43.6. The van der Waals surface area contributed by atoms with Crippen molar-refractivity contribution in [1.29, 1.82) is 0 Å². The first-order valence-electron chi connectivity index (χ1n) is 19.4. The summed E-state index contributed by atoms with van der Waals surface area (Å²) in [6.45, 7) is 18.4. The van der Waals surface area contributed by atoms with E-state index in [0.717, 1.165) is 76.2 Å². The van der Waals surface area contributed by atoms with Gasteiger partial charge < -0.3 is 19.8 Å². The van der Waals surface area contributed by atoms with E-state index in [1.54, 1.807) is 0 Å². The topological polar surface area (TPSA) is 132 Å². The average Bonchev–Trinajstić information content (AvgIpc) is 3.89. The highest BCUT2D eigenvalue weighted by Crippen LogP contribution is 2.64.